The number of aryl methyl sites for hydroxylation is 1. The summed E-state index contributed by atoms with van der Waals surface area (Å²) >= 11 is 0. The molecule has 0 bridgehead atoms. The third-order valence-corrected chi connectivity index (χ3v) is 4.83. The summed E-state index contributed by atoms with van der Waals surface area (Å²) in [7, 11) is 2.00. The monoisotopic (exact) mass is 384 g/mol. The first-order chi connectivity index (χ1) is 14.2. The van der Waals surface area contributed by atoms with E-state index in [0.29, 0.717) is 0 Å². The number of fused-ring (bicyclic) bond motifs is 1. The zero-order chi connectivity index (χ0) is 20.1. The number of nitrogens with one attached hydrogen (secondary N) is 3. The molecule has 29 heavy (non-hydrogen) atoms. The third-order valence-electron chi connectivity index (χ3n) is 4.83. The number of amides is 2. The van der Waals surface area contributed by atoms with Gasteiger partial charge in [-0.15, -0.1) is 0 Å². The van der Waals surface area contributed by atoms with Gasteiger partial charge in [0, 0.05) is 48.6 Å². The van der Waals surface area contributed by atoms with Gasteiger partial charge in [-0.2, -0.15) is 0 Å². The molecule has 4 rings (SSSR count). The maximum atomic E-state index is 12.4. The number of carbonyl (C=O) groups excluding carboxylic acids is 1. The fraction of sp³-hybridized carbons (Fsp3) is 0.125. The molecule has 5 nitrogen and oxygen atoms in total. The number of anilines is 2. The first-order valence-electron chi connectivity index (χ1n) is 9.64. The number of nitrogens with zero attached hydrogens (tertiary/aromatic N) is 1. The van der Waals surface area contributed by atoms with Gasteiger partial charge in [0.15, 0.2) is 0 Å². The Morgan fingerprint density at radius 2 is 1.52 bits per heavy atom. The van der Waals surface area contributed by atoms with Crippen LogP contribution in [0.3, 0.4) is 0 Å². The fourth-order valence-electron chi connectivity index (χ4n) is 3.36. The Kier molecular flexibility index (Phi) is 5.59. The molecule has 1 aromatic heterocycles. The third kappa shape index (κ3) is 4.83. The first-order valence-corrected chi connectivity index (χ1v) is 9.64. The standard InChI is InChI=1S/C24H24N4O/c1-28-13-12-20-15-22(10-11-23(20)28)27-24(29)26-21-9-5-8-19(14-21)17-25-16-18-6-3-2-4-7-18/h2-15,25H,16-17H2,1H3,(H2,26,27,29). The van der Waals surface area contributed by atoms with Gasteiger partial charge >= 0.3 is 6.03 Å². The van der Waals surface area contributed by atoms with Crippen molar-refractivity contribution in [1.29, 1.82) is 0 Å². The molecule has 0 unspecified atom stereocenters. The van der Waals surface area contributed by atoms with Gasteiger partial charge < -0.3 is 20.5 Å². The topological polar surface area (TPSA) is 58.1 Å². The van der Waals surface area contributed by atoms with E-state index in [4.69, 9.17) is 0 Å². The molecule has 5 heteroatoms. The number of urea groups is 1. The smallest absolute Gasteiger partial charge is 0.323 e. The molecule has 0 fully saturated rings. The molecular weight excluding hydrogens is 360 g/mol. The molecule has 0 aliphatic heterocycles. The predicted molar refractivity (Wildman–Crippen MR) is 119 cm³/mol. The lowest BCUT2D eigenvalue weighted by molar-refractivity contribution is 0.262. The van der Waals surface area contributed by atoms with Gasteiger partial charge in [0.1, 0.15) is 0 Å². The van der Waals surface area contributed by atoms with Crippen LogP contribution in [0.1, 0.15) is 11.1 Å². The Bertz CT molecular complexity index is 1120. The van der Waals surface area contributed by atoms with Gasteiger partial charge in [-0.3, -0.25) is 0 Å². The van der Waals surface area contributed by atoms with Crippen LogP contribution in [0.5, 0.6) is 0 Å². The van der Waals surface area contributed by atoms with Crippen molar-refractivity contribution in [3.05, 3.63) is 96.2 Å². The SMILES string of the molecule is Cn1ccc2cc(NC(=O)Nc3cccc(CNCc4ccccc4)c3)ccc21. The van der Waals surface area contributed by atoms with E-state index in [-0.39, 0.29) is 6.03 Å². The average Bonchev–Trinajstić information content (AvgIpc) is 3.09. The van der Waals surface area contributed by atoms with E-state index in [1.165, 1.54) is 5.56 Å². The van der Waals surface area contributed by atoms with Crippen LogP contribution < -0.4 is 16.0 Å². The van der Waals surface area contributed by atoms with Gasteiger partial charge in [-0.05, 0) is 47.5 Å². The van der Waals surface area contributed by atoms with Gasteiger partial charge in [0.05, 0.1) is 0 Å². The molecule has 0 spiro atoms. The van der Waals surface area contributed by atoms with Crippen molar-refractivity contribution in [2.24, 2.45) is 7.05 Å². The maximum absolute atomic E-state index is 12.4. The summed E-state index contributed by atoms with van der Waals surface area (Å²) in [6.07, 6.45) is 2.01. The molecule has 0 radical (unpaired) electrons. The van der Waals surface area contributed by atoms with Crippen molar-refractivity contribution in [1.82, 2.24) is 9.88 Å². The minimum Gasteiger partial charge on any atom is -0.351 e. The largest absolute Gasteiger partial charge is 0.351 e. The normalized spacial score (nSPS) is 10.8. The number of hydrogen-bond donors (Lipinski definition) is 3. The molecule has 2 amide bonds. The number of aromatic nitrogens is 1. The van der Waals surface area contributed by atoms with Gasteiger partial charge in [-0.1, -0.05) is 42.5 Å². The highest BCUT2D eigenvalue weighted by molar-refractivity contribution is 6.01. The van der Waals surface area contributed by atoms with Gasteiger partial charge in [-0.25, -0.2) is 4.79 Å². The van der Waals surface area contributed by atoms with Crippen LogP contribution in [0.2, 0.25) is 0 Å². The molecule has 0 saturated carbocycles. The summed E-state index contributed by atoms with van der Waals surface area (Å²) in [4.78, 5) is 12.4. The van der Waals surface area contributed by atoms with E-state index in [2.05, 4.69) is 32.7 Å². The molecule has 3 N–H and O–H groups in total. The maximum Gasteiger partial charge on any atom is 0.323 e. The number of carbonyl (C=O) groups is 1. The van der Waals surface area contributed by atoms with E-state index in [9.17, 15) is 4.79 Å². The van der Waals surface area contributed by atoms with Crippen LogP contribution in [0.25, 0.3) is 10.9 Å². The Morgan fingerprint density at radius 3 is 2.34 bits per heavy atom. The van der Waals surface area contributed by atoms with Gasteiger partial charge in [0.25, 0.3) is 0 Å². The molecule has 0 aliphatic rings. The number of hydrogen-bond acceptors (Lipinski definition) is 2. The minimum absolute atomic E-state index is 0.255. The highest BCUT2D eigenvalue weighted by atomic mass is 16.2. The lowest BCUT2D eigenvalue weighted by atomic mass is 10.2. The molecule has 146 valence electrons. The Labute approximate surface area is 170 Å². The van der Waals surface area contributed by atoms with Crippen molar-refractivity contribution in [2.45, 2.75) is 13.1 Å². The van der Waals surface area contributed by atoms with Crippen LogP contribution >= 0.6 is 0 Å². The number of benzene rings is 3. The van der Waals surface area contributed by atoms with Crippen LogP contribution in [0.15, 0.2) is 85.1 Å². The molecular formula is C24H24N4O. The van der Waals surface area contributed by atoms with Crippen molar-refractivity contribution >= 4 is 28.3 Å². The van der Waals surface area contributed by atoms with Crippen LogP contribution in [0.4, 0.5) is 16.2 Å². The molecule has 0 atom stereocenters. The Hall–Kier alpha value is -3.57. The summed E-state index contributed by atoms with van der Waals surface area (Å²) in [6, 6.07) is 25.8. The van der Waals surface area contributed by atoms with E-state index in [1.54, 1.807) is 0 Å². The van der Waals surface area contributed by atoms with E-state index >= 15 is 0 Å². The fourth-order valence-corrected chi connectivity index (χ4v) is 3.36. The summed E-state index contributed by atoms with van der Waals surface area (Å²) in [5.41, 5.74) is 5.02. The molecule has 0 aliphatic carbocycles. The van der Waals surface area contributed by atoms with Crippen LogP contribution in [-0.4, -0.2) is 10.6 Å². The van der Waals surface area contributed by atoms with Crippen LogP contribution in [-0.2, 0) is 20.1 Å². The van der Waals surface area contributed by atoms with Crippen molar-refractivity contribution < 1.29 is 4.79 Å². The summed E-state index contributed by atoms with van der Waals surface area (Å²) < 4.78 is 2.05. The second kappa shape index (κ2) is 8.63. The lowest BCUT2D eigenvalue weighted by Crippen LogP contribution is -2.19. The van der Waals surface area contributed by atoms with Gasteiger partial charge in [0.2, 0.25) is 0 Å². The summed E-state index contributed by atoms with van der Waals surface area (Å²) in [6.45, 7) is 1.54. The van der Waals surface area contributed by atoms with E-state index < -0.39 is 0 Å². The highest BCUT2D eigenvalue weighted by Gasteiger charge is 2.05. The summed E-state index contributed by atoms with van der Waals surface area (Å²) in [5, 5.41) is 10.3. The molecule has 4 aromatic rings. The van der Waals surface area contributed by atoms with Crippen molar-refractivity contribution in [2.75, 3.05) is 10.6 Å². The minimum atomic E-state index is -0.255. The quantitative estimate of drug-likeness (QED) is 0.432. The zero-order valence-electron chi connectivity index (χ0n) is 16.4. The second-order valence-corrected chi connectivity index (χ2v) is 7.07. The van der Waals surface area contributed by atoms with Crippen molar-refractivity contribution in [3.8, 4) is 0 Å². The Balaban J connectivity index is 1.33. The molecule has 3 aromatic carbocycles. The zero-order valence-corrected chi connectivity index (χ0v) is 16.4. The second-order valence-electron chi connectivity index (χ2n) is 7.07. The Morgan fingerprint density at radius 1 is 0.793 bits per heavy atom. The molecule has 0 saturated heterocycles. The average molecular weight is 384 g/mol. The van der Waals surface area contributed by atoms with E-state index in [0.717, 1.165) is 40.9 Å². The van der Waals surface area contributed by atoms with Crippen molar-refractivity contribution in [3.63, 3.8) is 0 Å². The lowest BCUT2D eigenvalue weighted by Gasteiger charge is -2.10. The number of rotatable bonds is 6. The highest BCUT2D eigenvalue weighted by Crippen LogP contribution is 2.20. The summed E-state index contributed by atoms with van der Waals surface area (Å²) in [5.74, 6) is 0. The molecule has 1 heterocycles. The first kappa shape index (κ1) is 18.8. The van der Waals surface area contributed by atoms with E-state index in [1.807, 2.05) is 80.0 Å². The van der Waals surface area contributed by atoms with Crippen LogP contribution in [0, 0.1) is 0 Å². The predicted octanol–water partition coefficient (Wildman–Crippen LogP) is 5.11.